The summed E-state index contributed by atoms with van der Waals surface area (Å²) in [7, 11) is -4.16. The molecule has 1 aromatic carbocycles. The predicted octanol–water partition coefficient (Wildman–Crippen LogP) is 0.637. The van der Waals surface area contributed by atoms with E-state index in [0.29, 0.717) is 19.4 Å². The van der Waals surface area contributed by atoms with Crippen LogP contribution in [0.3, 0.4) is 0 Å². The number of hydrogen-bond acceptors (Lipinski definition) is 5. The van der Waals surface area contributed by atoms with Crippen LogP contribution in [0.4, 0.5) is 0 Å². The van der Waals surface area contributed by atoms with E-state index in [1.54, 1.807) is 12.1 Å². The van der Waals surface area contributed by atoms with Crippen molar-refractivity contribution in [1.82, 2.24) is 0 Å². The van der Waals surface area contributed by atoms with Gasteiger partial charge in [0.2, 0.25) is 14.7 Å². The van der Waals surface area contributed by atoms with Gasteiger partial charge in [-0.05, 0) is 44.9 Å². The summed E-state index contributed by atoms with van der Waals surface area (Å²) in [6, 6.07) is 5.96. The van der Waals surface area contributed by atoms with Gasteiger partial charge in [-0.2, -0.15) is 0 Å². The number of carboxylic acids is 1. The Bertz CT molecular complexity index is 569. The van der Waals surface area contributed by atoms with Crippen molar-refractivity contribution in [2.75, 3.05) is 6.54 Å². The van der Waals surface area contributed by atoms with Crippen molar-refractivity contribution in [1.29, 1.82) is 0 Å². The molecule has 0 fully saturated rings. The summed E-state index contributed by atoms with van der Waals surface area (Å²) in [6.07, 6.45) is 0.690. The van der Waals surface area contributed by atoms with Crippen molar-refractivity contribution in [3.05, 3.63) is 29.8 Å². The first-order valence-corrected chi connectivity index (χ1v) is 7.77. The van der Waals surface area contributed by atoms with Crippen molar-refractivity contribution in [2.24, 2.45) is 11.5 Å². The molecular weight excluding hydrogens is 280 g/mol. The van der Waals surface area contributed by atoms with E-state index in [-0.39, 0.29) is 11.3 Å². The van der Waals surface area contributed by atoms with Gasteiger partial charge < -0.3 is 16.6 Å². The van der Waals surface area contributed by atoms with Gasteiger partial charge in [0.25, 0.3) is 0 Å². The van der Waals surface area contributed by atoms with Crippen LogP contribution in [0.5, 0.6) is 0 Å². The van der Waals surface area contributed by atoms with Crippen LogP contribution in [0, 0.1) is 6.92 Å². The van der Waals surface area contributed by atoms with Gasteiger partial charge in [0.05, 0.1) is 4.90 Å². The maximum Gasteiger partial charge on any atom is 0.339 e. The minimum atomic E-state index is -4.16. The molecule has 0 saturated heterocycles. The van der Waals surface area contributed by atoms with E-state index in [9.17, 15) is 18.3 Å². The average Bonchev–Trinajstić information content (AvgIpc) is 2.38. The van der Waals surface area contributed by atoms with Crippen LogP contribution in [0.25, 0.3) is 0 Å². The second-order valence-electron chi connectivity index (χ2n) is 4.76. The molecule has 0 radical (unpaired) electrons. The molecule has 112 valence electrons. The number of unbranched alkanes of at least 4 members (excludes halogenated alkanes) is 1. The molecule has 0 saturated carbocycles. The first-order chi connectivity index (χ1) is 9.25. The number of benzene rings is 1. The topological polar surface area (TPSA) is 123 Å². The molecule has 0 spiro atoms. The van der Waals surface area contributed by atoms with E-state index in [0.717, 1.165) is 5.56 Å². The Morgan fingerprint density at radius 3 is 2.25 bits per heavy atom. The number of nitrogens with two attached hydrogens (primary N) is 2. The zero-order chi connectivity index (χ0) is 15.4. The summed E-state index contributed by atoms with van der Waals surface area (Å²) in [5.74, 6) is -1.55. The molecule has 0 aromatic heterocycles. The second kappa shape index (κ2) is 6.34. The Kier molecular flexibility index (Phi) is 5.27. The van der Waals surface area contributed by atoms with E-state index in [4.69, 9.17) is 11.5 Å². The molecule has 7 heteroatoms. The number of rotatable bonds is 7. The van der Waals surface area contributed by atoms with Crippen molar-refractivity contribution < 1.29 is 18.3 Å². The van der Waals surface area contributed by atoms with Crippen LogP contribution in [0.1, 0.15) is 24.8 Å². The largest absolute Gasteiger partial charge is 0.479 e. The van der Waals surface area contributed by atoms with Crippen LogP contribution in [0.15, 0.2) is 29.2 Å². The molecule has 0 heterocycles. The number of carbonyl (C=O) groups is 1. The highest BCUT2D eigenvalue weighted by Crippen LogP contribution is 2.27. The van der Waals surface area contributed by atoms with E-state index < -0.39 is 20.7 Å². The lowest BCUT2D eigenvalue weighted by Crippen LogP contribution is -2.54. The Labute approximate surface area is 118 Å². The molecule has 0 aliphatic rings. The van der Waals surface area contributed by atoms with Gasteiger partial charge in [0.1, 0.15) is 0 Å². The Hall–Kier alpha value is -1.44. The summed E-state index contributed by atoms with van der Waals surface area (Å²) >= 11 is 0. The molecule has 0 amide bonds. The van der Waals surface area contributed by atoms with Crippen LogP contribution in [0.2, 0.25) is 0 Å². The van der Waals surface area contributed by atoms with Crippen LogP contribution in [-0.4, -0.2) is 30.9 Å². The SMILES string of the molecule is Cc1ccc(S(=O)(=O)C(N)(CCCCN)C(=O)O)cc1. The molecule has 0 aliphatic heterocycles. The maximum absolute atomic E-state index is 12.5. The lowest BCUT2D eigenvalue weighted by molar-refractivity contribution is -0.140. The highest BCUT2D eigenvalue weighted by atomic mass is 32.2. The quantitative estimate of drug-likeness (QED) is 0.635. The minimum Gasteiger partial charge on any atom is -0.479 e. The van der Waals surface area contributed by atoms with Crippen molar-refractivity contribution in [2.45, 2.75) is 36.0 Å². The first kappa shape index (κ1) is 16.6. The van der Waals surface area contributed by atoms with Crippen LogP contribution in [-0.2, 0) is 14.6 Å². The minimum absolute atomic E-state index is 0.0826. The first-order valence-electron chi connectivity index (χ1n) is 6.29. The lowest BCUT2D eigenvalue weighted by Gasteiger charge is -2.24. The van der Waals surface area contributed by atoms with Crippen LogP contribution >= 0.6 is 0 Å². The number of sulfone groups is 1. The summed E-state index contributed by atoms with van der Waals surface area (Å²) in [6.45, 7) is 2.17. The fourth-order valence-electron chi connectivity index (χ4n) is 1.82. The van der Waals surface area contributed by atoms with Gasteiger partial charge in [-0.3, -0.25) is 0 Å². The maximum atomic E-state index is 12.5. The molecule has 6 nitrogen and oxygen atoms in total. The summed E-state index contributed by atoms with van der Waals surface area (Å²) < 4.78 is 24.9. The van der Waals surface area contributed by atoms with E-state index in [1.165, 1.54) is 12.1 Å². The Morgan fingerprint density at radius 2 is 1.80 bits per heavy atom. The molecule has 0 aliphatic carbocycles. The standard InChI is InChI=1S/C13H20N2O4S/c1-10-4-6-11(7-5-10)20(18,19)13(15,12(16)17)8-2-3-9-14/h4-7H,2-3,8-9,14-15H2,1H3,(H,16,17). The Morgan fingerprint density at radius 1 is 1.25 bits per heavy atom. The summed E-state index contributed by atoms with van der Waals surface area (Å²) in [5.41, 5.74) is 11.9. The highest BCUT2D eigenvalue weighted by Gasteiger charge is 2.47. The smallest absolute Gasteiger partial charge is 0.339 e. The third kappa shape index (κ3) is 3.17. The van der Waals surface area contributed by atoms with Gasteiger partial charge in [-0.1, -0.05) is 17.7 Å². The normalized spacial score (nSPS) is 14.8. The van der Waals surface area contributed by atoms with Crippen molar-refractivity contribution in [3.63, 3.8) is 0 Å². The second-order valence-corrected chi connectivity index (χ2v) is 6.96. The molecule has 1 atom stereocenters. The molecule has 5 N–H and O–H groups in total. The van der Waals surface area contributed by atoms with Gasteiger partial charge in [0, 0.05) is 0 Å². The molecular formula is C13H20N2O4S. The van der Waals surface area contributed by atoms with E-state index >= 15 is 0 Å². The number of aliphatic carboxylic acids is 1. The fourth-order valence-corrected chi connectivity index (χ4v) is 3.37. The van der Waals surface area contributed by atoms with Gasteiger partial charge >= 0.3 is 5.97 Å². The number of hydrogen-bond donors (Lipinski definition) is 3. The third-order valence-electron chi connectivity index (χ3n) is 3.18. The van der Waals surface area contributed by atoms with Gasteiger partial charge in [-0.15, -0.1) is 0 Å². The zero-order valence-corrected chi connectivity index (χ0v) is 12.2. The zero-order valence-electron chi connectivity index (χ0n) is 11.4. The predicted molar refractivity (Wildman–Crippen MR) is 75.8 cm³/mol. The number of aryl methyl sites for hydroxylation is 1. The van der Waals surface area contributed by atoms with E-state index in [2.05, 4.69) is 0 Å². The average molecular weight is 300 g/mol. The van der Waals surface area contributed by atoms with Gasteiger partial charge in [0.15, 0.2) is 0 Å². The third-order valence-corrected chi connectivity index (χ3v) is 5.41. The number of carboxylic acid groups (broad SMARTS) is 1. The Balaban J connectivity index is 3.18. The molecule has 1 unspecified atom stereocenters. The molecule has 0 bridgehead atoms. The van der Waals surface area contributed by atoms with Crippen molar-refractivity contribution in [3.8, 4) is 0 Å². The van der Waals surface area contributed by atoms with Crippen LogP contribution < -0.4 is 11.5 Å². The lowest BCUT2D eigenvalue weighted by atomic mass is 10.1. The summed E-state index contributed by atoms with van der Waals surface area (Å²) in [5, 5.41) is 9.25. The molecule has 1 rings (SSSR count). The van der Waals surface area contributed by atoms with Gasteiger partial charge in [-0.25, -0.2) is 13.2 Å². The monoisotopic (exact) mass is 300 g/mol. The molecule has 20 heavy (non-hydrogen) atoms. The highest BCUT2D eigenvalue weighted by molar-refractivity contribution is 7.93. The summed E-state index contributed by atoms with van der Waals surface area (Å²) in [4.78, 5) is 8.96. The van der Waals surface area contributed by atoms with E-state index in [1.807, 2.05) is 6.92 Å². The van der Waals surface area contributed by atoms with Crippen molar-refractivity contribution >= 4 is 15.8 Å². The molecule has 1 aromatic rings. The fraction of sp³-hybridized carbons (Fsp3) is 0.462.